The zero-order valence-corrected chi connectivity index (χ0v) is 9.91. The predicted molar refractivity (Wildman–Crippen MR) is 57.0 cm³/mol. The summed E-state index contributed by atoms with van der Waals surface area (Å²) in [6.07, 6.45) is 0. The first-order valence-corrected chi connectivity index (χ1v) is 4.82. The summed E-state index contributed by atoms with van der Waals surface area (Å²) in [6, 6.07) is -0.774. The average Bonchev–Trinajstić information content (AvgIpc) is 2.31. The normalized spacial score (nSPS) is 13.2. The number of hydrogen-bond acceptors (Lipinski definition) is 3. The topological polar surface area (TPSA) is 58.4 Å². The number of aliphatic carboxylic acids is 1. The number of carboxylic acids is 1. The van der Waals surface area contributed by atoms with Crippen LogP contribution < -0.4 is 0 Å². The molecule has 1 aromatic heterocycles. The van der Waals surface area contributed by atoms with Crippen LogP contribution in [0.5, 0.6) is 0 Å². The van der Waals surface area contributed by atoms with Gasteiger partial charge in [0.05, 0.1) is 5.69 Å². The summed E-state index contributed by atoms with van der Waals surface area (Å²) in [7, 11) is 5.14. The summed E-state index contributed by atoms with van der Waals surface area (Å²) in [5, 5.41) is 9.36. The molecule has 0 spiro atoms. The molecule has 84 valence electrons. The van der Waals surface area contributed by atoms with Gasteiger partial charge in [0.1, 0.15) is 5.82 Å². The maximum absolute atomic E-state index is 11.1. The Morgan fingerprint density at radius 2 is 2.13 bits per heavy atom. The van der Waals surface area contributed by atoms with Crippen molar-refractivity contribution in [1.29, 1.82) is 0 Å². The lowest BCUT2D eigenvalue weighted by Crippen LogP contribution is -2.29. The van der Waals surface area contributed by atoms with Gasteiger partial charge in [0.25, 0.3) is 0 Å². The Bertz CT molecular complexity index is 387. The molecular formula is C9H14ClN3O2. The Morgan fingerprint density at radius 1 is 1.60 bits per heavy atom. The summed E-state index contributed by atoms with van der Waals surface area (Å²) in [5.74, 6) is -0.243. The van der Waals surface area contributed by atoms with Crippen molar-refractivity contribution in [3.8, 4) is 0 Å². The van der Waals surface area contributed by atoms with Gasteiger partial charge in [-0.15, -0.1) is 0 Å². The van der Waals surface area contributed by atoms with Crippen LogP contribution in [0.25, 0.3) is 0 Å². The number of nitrogens with zero attached hydrogens (tertiary/aromatic N) is 3. The summed E-state index contributed by atoms with van der Waals surface area (Å²) in [4.78, 5) is 16.7. The second-order valence-electron chi connectivity index (χ2n) is 3.60. The fraction of sp³-hybridized carbons (Fsp3) is 0.556. The Hall–Kier alpha value is -1.07. The Morgan fingerprint density at radius 3 is 2.40 bits per heavy atom. The van der Waals surface area contributed by atoms with Crippen molar-refractivity contribution in [2.45, 2.75) is 13.0 Å². The summed E-state index contributed by atoms with van der Waals surface area (Å²) in [5.41, 5.74) is 0.506. The number of halogens is 1. The summed E-state index contributed by atoms with van der Waals surface area (Å²) in [6.45, 7) is 1.78. The third-order valence-corrected chi connectivity index (χ3v) is 2.61. The van der Waals surface area contributed by atoms with Gasteiger partial charge in [-0.25, -0.2) is 4.98 Å². The molecule has 0 radical (unpaired) electrons. The van der Waals surface area contributed by atoms with Crippen molar-refractivity contribution in [2.75, 3.05) is 14.1 Å². The molecule has 0 aliphatic heterocycles. The van der Waals surface area contributed by atoms with Gasteiger partial charge in [-0.05, 0) is 21.0 Å². The smallest absolute Gasteiger partial charge is 0.327 e. The van der Waals surface area contributed by atoms with Crippen molar-refractivity contribution in [1.82, 2.24) is 14.5 Å². The minimum atomic E-state index is -0.940. The fourth-order valence-corrected chi connectivity index (χ4v) is 1.82. The molecule has 0 aliphatic rings. The Balaban J connectivity index is 3.28. The molecule has 0 aromatic carbocycles. The van der Waals surface area contributed by atoms with E-state index in [4.69, 9.17) is 16.7 Å². The SMILES string of the molecule is Cc1nc(Cl)c(C(C(=O)O)N(C)C)n1C. The molecule has 1 rings (SSSR count). The number of aryl methyl sites for hydroxylation is 1. The quantitative estimate of drug-likeness (QED) is 0.846. The van der Waals surface area contributed by atoms with E-state index in [1.54, 1.807) is 37.5 Å². The fourth-order valence-electron chi connectivity index (χ4n) is 1.47. The third kappa shape index (κ3) is 2.13. The zero-order valence-electron chi connectivity index (χ0n) is 9.15. The highest BCUT2D eigenvalue weighted by atomic mass is 35.5. The second-order valence-corrected chi connectivity index (χ2v) is 3.96. The molecular weight excluding hydrogens is 218 g/mol. The number of carboxylic acid groups (broad SMARTS) is 1. The molecule has 0 saturated carbocycles. The number of likely N-dealkylation sites (N-methyl/N-ethyl adjacent to an activating group) is 1. The van der Waals surface area contributed by atoms with E-state index >= 15 is 0 Å². The van der Waals surface area contributed by atoms with Gasteiger partial charge < -0.3 is 9.67 Å². The molecule has 0 saturated heterocycles. The van der Waals surface area contributed by atoms with Crippen molar-refractivity contribution in [3.05, 3.63) is 16.7 Å². The van der Waals surface area contributed by atoms with Crippen LogP contribution in [-0.2, 0) is 11.8 Å². The molecule has 0 amide bonds. The molecule has 15 heavy (non-hydrogen) atoms. The van der Waals surface area contributed by atoms with E-state index in [1.807, 2.05) is 0 Å². The number of rotatable bonds is 3. The van der Waals surface area contributed by atoms with Crippen LogP contribution in [0.3, 0.4) is 0 Å². The van der Waals surface area contributed by atoms with Crippen molar-refractivity contribution in [2.24, 2.45) is 7.05 Å². The number of aromatic nitrogens is 2. The molecule has 1 unspecified atom stereocenters. The standard InChI is InChI=1S/C9H14ClN3O2/c1-5-11-8(10)6(13(5)4)7(9(14)15)12(2)3/h7H,1-4H3,(H,14,15). The molecule has 1 N–H and O–H groups in total. The van der Waals surface area contributed by atoms with Crippen LogP contribution in [-0.4, -0.2) is 39.6 Å². The zero-order chi connectivity index (χ0) is 11.7. The Labute approximate surface area is 93.3 Å². The monoisotopic (exact) mass is 231 g/mol. The van der Waals surface area contributed by atoms with Gasteiger partial charge in [0.2, 0.25) is 0 Å². The molecule has 6 heteroatoms. The van der Waals surface area contributed by atoms with Crippen molar-refractivity contribution >= 4 is 17.6 Å². The van der Waals surface area contributed by atoms with Gasteiger partial charge >= 0.3 is 5.97 Å². The summed E-state index contributed by atoms with van der Waals surface area (Å²) >= 11 is 5.91. The van der Waals surface area contributed by atoms with E-state index in [9.17, 15) is 4.79 Å². The van der Waals surface area contributed by atoms with Crippen molar-refractivity contribution in [3.63, 3.8) is 0 Å². The van der Waals surface area contributed by atoms with Crippen LogP contribution in [0.2, 0.25) is 5.15 Å². The highest BCUT2D eigenvalue weighted by Gasteiger charge is 2.28. The van der Waals surface area contributed by atoms with Crippen LogP contribution in [0.4, 0.5) is 0 Å². The molecule has 1 atom stereocenters. The Kier molecular flexibility index (Phi) is 3.36. The van der Waals surface area contributed by atoms with Gasteiger partial charge in [0.15, 0.2) is 11.2 Å². The van der Waals surface area contributed by atoms with E-state index in [-0.39, 0.29) is 5.15 Å². The van der Waals surface area contributed by atoms with Gasteiger partial charge in [-0.3, -0.25) is 9.69 Å². The van der Waals surface area contributed by atoms with E-state index in [0.29, 0.717) is 11.5 Å². The molecule has 5 nitrogen and oxygen atoms in total. The minimum Gasteiger partial charge on any atom is -0.480 e. The van der Waals surface area contributed by atoms with Crippen LogP contribution in [0.15, 0.2) is 0 Å². The van der Waals surface area contributed by atoms with Gasteiger partial charge in [-0.1, -0.05) is 11.6 Å². The van der Waals surface area contributed by atoms with Gasteiger partial charge in [0, 0.05) is 7.05 Å². The van der Waals surface area contributed by atoms with Crippen molar-refractivity contribution < 1.29 is 9.90 Å². The summed E-state index contributed by atoms with van der Waals surface area (Å²) < 4.78 is 1.70. The third-order valence-electron chi connectivity index (χ3n) is 2.33. The number of carbonyl (C=O) groups is 1. The second kappa shape index (κ2) is 4.20. The van der Waals surface area contributed by atoms with Gasteiger partial charge in [-0.2, -0.15) is 0 Å². The molecule has 1 aromatic rings. The lowest BCUT2D eigenvalue weighted by molar-refractivity contribution is -0.142. The van der Waals surface area contributed by atoms with Crippen LogP contribution in [0, 0.1) is 6.92 Å². The lowest BCUT2D eigenvalue weighted by Gasteiger charge is -2.20. The first kappa shape index (κ1) is 12.0. The maximum Gasteiger partial charge on any atom is 0.327 e. The van der Waals surface area contributed by atoms with E-state index in [1.165, 1.54) is 0 Å². The van der Waals surface area contributed by atoms with Crippen LogP contribution in [0.1, 0.15) is 17.6 Å². The molecule has 0 aliphatic carbocycles. The number of hydrogen-bond donors (Lipinski definition) is 1. The average molecular weight is 232 g/mol. The van der Waals surface area contributed by atoms with E-state index in [2.05, 4.69) is 4.98 Å². The first-order chi connectivity index (χ1) is 6.86. The van der Waals surface area contributed by atoms with E-state index < -0.39 is 12.0 Å². The largest absolute Gasteiger partial charge is 0.480 e. The minimum absolute atomic E-state index is 0.246. The molecule has 1 heterocycles. The number of imidazole rings is 1. The highest BCUT2D eigenvalue weighted by molar-refractivity contribution is 6.30. The maximum atomic E-state index is 11.1. The predicted octanol–water partition coefficient (Wildman–Crippen LogP) is 1.07. The first-order valence-electron chi connectivity index (χ1n) is 4.44. The van der Waals surface area contributed by atoms with E-state index in [0.717, 1.165) is 0 Å². The lowest BCUT2D eigenvalue weighted by atomic mass is 10.2. The molecule has 0 fully saturated rings. The highest BCUT2D eigenvalue weighted by Crippen LogP contribution is 2.26. The van der Waals surface area contributed by atoms with Crippen LogP contribution >= 0.6 is 11.6 Å². The molecule has 0 bridgehead atoms.